The highest BCUT2D eigenvalue weighted by atomic mass is 32.3. The molecule has 0 spiro atoms. The van der Waals surface area contributed by atoms with Gasteiger partial charge < -0.3 is 0 Å². The molecule has 144 valence electrons. The van der Waals surface area contributed by atoms with E-state index in [2.05, 4.69) is 90.9 Å². The number of pyridine rings is 1. The highest BCUT2D eigenvalue weighted by molar-refractivity contribution is 8.34. The van der Waals surface area contributed by atoms with Gasteiger partial charge in [0.1, 0.15) is 0 Å². The fraction of sp³-hybridized carbons (Fsp3) is 0.400. The van der Waals surface area contributed by atoms with Gasteiger partial charge in [0.25, 0.3) is 0 Å². The molecule has 0 aliphatic carbocycles. The Morgan fingerprint density at radius 3 is 2.04 bits per heavy atom. The molecule has 3 rings (SSSR count). The van der Waals surface area contributed by atoms with Crippen LogP contribution in [0.4, 0.5) is 0 Å². The van der Waals surface area contributed by atoms with Crippen LogP contribution in [0.2, 0.25) is 0 Å². The van der Waals surface area contributed by atoms with E-state index in [0.717, 1.165) is 5.69 Å². The second kappa shape index (κ2) is 7.31. The molecular formula is C25H33NS. The molecule has 0 atom stereocenters. The first-order valence-corrected chi connectivity index (χ1v) is 11.9. The van der Waals surface area contributed by atoms with Crippen molar-refractivity contribution in [3.8, 4) is 11.3 Å². The van der Waals surface area contributed by atoms with Crippen LogP contribution in [-0.4, -0.2) is 21.2 Å². The molecule has 0 radical (unpaired) electrons. The molecule has 0 N–H and O–H groups in total. The van der Waals surface area contributed by atoms with E-state index >= 15 is 0 Å². The Kier molecular flexibility index (Phi) is 5.40. The number of aryl methyl sites for hydroxylation is 2. The number of fused-ring (bicyclic) bond motifs is 1. The lowest BCUT2D eigenvalue weighted by molar-refractivity contribution is 0.778. The van der Waals surface area contributed by atoms with E-state index < -0.39 is 10.0 Å². The van der Waals surface area contributed by atoms with E-state index in [0.29, 0.717) is 4.75 Å². The van der Waals surface area contributed by atoms with Crippen molar-refractivity contribution in [3.05, 3.63) is 59.8 Å². The Balaban J connectivity index is 2.21. The van der Waals surface area contributed by atoms with Gasteiger partial charge >= 0.3 is 0 Å². The maximum absolute atomic E-state index is 4.75. The summed E-state index contributed by atoms with van der Waals surface area (Å²) in [6, 6.07) is 16.0. The lowest BCUT2D eigenvalue weighted by atomic mass is 10.0. The molecule has 2 heteroatoms. The minimum atomic E-state index is -0.870. The molecule has 0 bridgehead atoms. The van der Waals surface area contributed by atoms with E-state index in [4.69, 9.17) is 4.98 Å². The third kappa shape index (κ3) is 3.52. The lowest BCUT2D eigenvalue weighted by Crippen LogP contribution is -2.28. The SMILES string of the molecule is CCS(CC)(c1ccc2c(-c3cc(C)cc(C)c3)nccc2c1)C(C)(C)C. The summed E-state index contributed by atoms with van der Waals surface area (Å²) in [6.07, 6.45) is 1.96. The van der Waals surface area contributed by atoms with Gasteiger partial charge in [0, 0.05) is 17.1 Å². The van der Waals surface area contributed by atoms with Gasteiger partial charge in [-0.15, -0.1) is 0 Å². The molecule has 1 nitrogen and oxygen atoms in total. The normalized spacial score (nSPS) is 13.1. The van der Waals surface area contributed by atoms with Gasteiger partial charge in [-0.2, -0.15) is 0 Å². The van der Waals surface area contributed by atoms with Gasteiger partial charge in [0.05, 0.1) is 5.69 Å². The van der Waals surface area contributed by atoms with Crippen LogP contribution in [0.25, 0.3) is 22.0 Å². The minimum absolute atomic E-state index is 0.299. The lowest BCUT2D eigenvalue weighted by Gasteiger charge is -2.50. The summed E-state index contributed by atoms with van der Waals surface area (Å²) < 4.78 is 0.299. The monoisotopic (exact) mass is 379 g/mol. The van der Waals surface area contributed by atoms with Crippen LogP contribution < -0.4 is 0 Å². The predicted molar refractivity (Wildman–Crippen MR) is 123 cm³/mol. The Morgan fingerprint density at radius 2 is 1.48 bits per heavy atom. The number of nitrogens with zero attached hydrogens (tertiary/aromatic N) is 1. The van der Waals surface area contributed by atoms with Crippen LogP contribution in [0.15, 0.2) is 53.6 Å². The number of hydrogen-bond acceptors (Lipinski definition) is 1. The molecule has 1 aromatic heterocycles. The summed E-state index contributed by atoms with van der Waals surface area (Å²) in [6.45, 7) is 16.3. The highest BCUT2D eigenvalue weighted by Gasteiger charge is 2.35. The summed E-state index contributed by atoms with van der Waals surface area (Å²) in [5, 5.41) is 2.56. The zero-order chi connectivity index (χ0) is 19.8. The quantitative estimate of drug-likeness (QED) is 0.457. The van der Waals surface area contributed by atoms with Gasteiger partial charge in [-0.1, -0.05) is 57.9 Å². The topological polar surface area (TPSA) is 12.9 Å². The maximum Gasteiger partial charge on any atom is 0.0780 e. The van der Waals surface area contributed by atoms with Gasteiger partial charge in [0.15, 0.2) is 0 Å². The Bertz CT molecular complexity index is 941. The van der Waals surface area contributed by atoms with Gasteiger partial charge in [-0.3, -0.25) is 4.98 Å². The molecule has 0 unspecified atom stereocenters. The third-order valence-electron chi connectivity index (χ3n) is 5.84. The second-order valence-corrected chi connectivity index (χ2v) is 13.1. The molecule has 0 fully saturated rings. The second-order valence-electron chi connectivity index (χ2n) is 8.49. The molecule has 0 aliphatic heterocycles. The van der Waals surface area contributed by atoms with Crippen LogP contribution in [-0.2, 0) is 0 Å². The summed E-state index contributed by atoms with van der Waals surface area (Å²) in [5.74, 6) is 2.46. The fourth-order valence-corrected chi connectivity index (χ4v) is 8.69. The van der Waals surface area contributed by atoms with Crippen molar-refractivity contribution >= 4 is 20.8 Å². The Morgan fingerprint density at radius 1 is 0.852 bits per heavy atom. The minimum Gasteiger partial charge on any atom is -0.256 e. The van der Waals surface area contributed by atoms with Crippen molar-refractivity contribution < 1.29 is 0 Å². The fourth-order valence-electron chi connectivity index (χ4n) is 4.50. The largest absolute Gasteiger partial charge is 0.256 e. The maximum atomic E-state index is 4.75. The van der Waals surface area contributed by atoms with E-state index in [1.165, 1.54) is 43.9 Å². The summed E-state index contributed by atoms with van der Waals surface area (Å²) in [5.41, 5.74) is 4.88. The van der Waals surface area contributed by atoms with Crippen LogP contribution in [0.1, 0.15) is 45.7 Å². The smallest absolute Gasteiger partial charge is 0.0780 e. The van der Waals surface area contributed by atoms with Crippen molar-refractivity contribution in [2.45, 2.75) is 58.1 Å². The molecule has 1 heterocycles. The first kappa shape index (κ1) is 19.9. The van der Waals surface area contributed by atoms with Crippen molar-refractivity contribution in [1.82, 2.24) is 4.98 Å². The van der Waals surface area contributed by atoms with Crippen molar-refractivity contribution in [2.75, 3.05) is 11.5 Å². The first-order valence-electron chi connectivity index (χ1n) is 9.97. The number of hydrogen-bond donors (Lipinski definition) is 0. The van der Waals surface area contributed by atoms with E-state index in [9.17, 15) is 0 Å². The van der Waals surface area contributed by atoms with Crippen LogP contribution in [0, 0.1) is 13.8 Å². The number of aromatic nitrogens is 1. The van der Waals surface area contributed by atoms with Crippen LogP contribution in [0.3, 0.4) is 0 Å². The van der Waals surface area contributed by atoms with E-state index in [1.807, 2.05) is 6.20 Å². The number of rotatable bonds is 4. The number of benzene rings is 2. The average Bonchev–Trinajstić information content (AvgIpc) is 2.60. The zero-order valence-electron chi connectivity index (χ0n) is 17.9. The summed E-state index contributed by atoms with van der Waals surface area (Å²) >= 11 is 0. The summed E-state index contributed by atoms with van der Waals surface area (Å²) in [7, 11) is -0.870. The predicted octanol–water partition coefficient (Wildman–Crippen LogP) is 7.52. The van der Waals surface area contributed by atoms with Crippen molar-refractivity contribution in [3.63, 3.8) is 0 Å². The zero-order valence-corrected chi connectivity index (χ0v) is 18.7. The Labute approximate surface area is 166 Å². The summed E-state index contributed by atoms with van der Waals surface area (Å²) in [4.78, 5) is 6.28. The van der Waals surface area contributed by atoms with E-state index in [-0.39, 0.29) is 0 Å². The first-order chi connectivity index (χ1) is 12.7. The Hall–Kier alpha value is -1.80. The van der Waals surface area contributed by atoms with Crippen LogP contribution >= 0.6 is 10.0 Å². The van der Waals surface area contributed by atoms with Crippen molar-refractivity contribution in [1.29, 1.82) is 0 Å². The highest BCUT2D eigenvalue weighted by Crippen LogP contribution is 2.64. The molecule has 0 saturated carbocycles. The van der Waals surface area contributed by atoms with Crippen molar-refractivity contribution in [2.24, 2.45) is 0 Å². The molecule has 27 heavy (non-hydrogen) atoms. The molecular weight excluding hydrogens is 346 g/mol. The van der Waals surface area contributed by atoms with Gasteiger partial charge in [0.2, 0.25) is 0 Å². The molecule has 2 aromatic carbocycles. The van der Waals surface area contributed by atoms with E-state index in [1.54, 1.807) is 0 Å². The molecule has 3 aromatic rings. The third-order valence-corrected chi connectivity index (χ3v) is 11.3. The van der Waals surface area contributed by atoms with Crippen LogP contribution in [0.5, 0.6) is 0 Å². The standard InChI is InChI=1S/C25H33NS/c1-8-27(9-2,25(5,6)7)22-10-11-23-20(17-22)12-13-26-24(23)21-15-18(3)14-19(4)16-21/h10-17H,8-9H2,1-7H3. The molecule has 0 amide bonds. The average molecular weight is 380 g/mol. The molecule has 0 saturated heterocycles. The molecule has 0 aliphatic rings. The van der Waals surface area contributed by atoms with Gasteiger partial charge in [-0.05, 0) is 70.7 Å². The van der Waals surface area contributed by atoms with Gasteiger partial charge in [-0.25, -0.2) is 10.0 Å².